The summed E-state index contributed by atoms with van der Waals surface area (Å²) < 4.78 is 32.2. The Labute approximate surface area is 156 Å². The fraction of sp³-hybridized carbons (Fsp3) is 0.294. The van der Waals surface area contributed by atoms with E-state index in [9.17, 15) is 18.0 Å². The second-order valence-electron chi connectivity index (χ2n) is 5.91. The van der Waals surface area contributed by atoms with E-state index in [-0.39, 0.29) is 10.8 Å². The van der Waals surface area contributed by atoms with Crippen molar-refractivity contribution in [2.75, 3.05) is 6.61 Å². The lowest BCUT2D eigenvalue weighted by molar-refractivity contribution is -0.145. The molecular weight excluding hydrogens is 380 g/mol. The van der Waals surface area contributed by atoms with Gasteiger partial charge >= 0.3 is 5.97 Å². The molecule has 2 rings (SSSR count). The molecule has 2 N–H and O–H groups in total. The maximum absolute atomic E-state index is 12.5. The normalized spacial score (nSPS) is 12.8. The van der Waals surface area contributed by atoms with Crippen molar-refractivity contribution in [2.24, 2.45) is 5.92 Å². The van der Waals surface area contributed by atoms with Crippen LogP contribution < -0.4 is 4.72 Å². The van der Waals surface area contributed by atoms with Gasteiger partial charge in [-0.2, -0.15) is 4.72 Å². The van der Waals surface area contributed by atoms with Crippen molar-refractivity contribution in [2.45, 2.75) is 24.8 Å². The predicted molar refractivity (Wildman–Crippen MR) is 96.5 cm³/mol. The van der Waals surface area contributed by atoms with Gasteiger partial charge in [0.15, 0.2) is 6.61 Å². The first-order valence-corrected chi connectivity index (χ1v) is 9.68. The molecule has 1 atom stereocenters. The molecule has 1 aromatic carbocycles. The Morgan fingerprint density at radius 3 is 2.38 bits per heavy atom. The van der Waals surface area contributed by atoms with Gasteiger partial charge in [0.25, 0.3) is 0 Å². The number of aromatic amines is 1. The van der Waals surface area contributed by atoms with Gasteiger partial charge in [-0.3, -0.25) is 9.59 Å². The van der Waals surface area contributed by atoms with Crippen LogP contribution in [-0.4, -0.2) is 37.8 Å². The number of ketones is 1. The van der Waals surface area contributed by atoms with Crippen molar-refractivity contribution in [1.82, 2.24) is 9.71 Å². The Morgan fingerprint density at radius 1 is 1.19 bits per heavy atom. The monoisotopic (exact) mass is 398 g/mol. The number of benzene rings is 1. The summed E-state index contributed by atoms with van der Waals surface area (Å²) in [4.78, 5) is 26.9. The van der Waals surface area contributed by atoms with E-state index in [1.54, 1.807) is 32.2 Å². The predicted octanol–water partition coefficient (Wildman–Crippen LogP) is 2.40. The van der Waals surface area contributed by atoms with Gasteiger partial charge < -0.3 is 9.72 Å². The topological polar surface area (TPSA) is 105 Å². The molecule has 7 nitrogen and oxygen atoms in total. The van der Waals surface area contributed by atoms with E-state index in [1.165, 1.54) is 24.3 Å². The van der Waals surface area contributed by atoms with E-state index in [0.717, 1.165) is 0 Å². The van der Waals surface area contributed by atoms with Crippen molar-refractivity contribution < 1.29 is 22.7 Å². The maximum Gasteiger partial charge on any atom is 0.324 e. The molecule has 26 heavy (non-hydrogen) atoms. The van der Waals surface area contributed by atoms with Gasteiger partial charge in [-0.25, -0.2) is 8.42 Å². The van der Waals surface area contributed by atoms with E-state index < -0.39 is 34.4 Å². The van der Waals surface area contributed by atoms with Crippen molar-refractivity contribution >= 4 is 33.4 Å². The minimum Gasteiger partial charge on any atom is -0.456 e. The van der Waals surface area contributed by atoms with Crippen LogP contribution in [0.5, 0.6) is 0 Å². The zero-order chi connectivity index (χ0) is 19.3. The van der Waals surface area contributed by atoms with E-state index in [0.29, 0.717) is 10.7 Å². The van der Waals surface area contributed by atoms with Crippen LogP contribution in [0.4, 0.5) is 0 Å². The first kappa shape index (κ1) is 20.2. The molecule has 0 amide bonds. The molecule has 1 aromatic heterocycles. The zero-order valence-corrected chi connectivity index (χ0v) is 15.8. The third-order valence-electron chi connectivity index (χ3n) is 3.57. The van der Waals surface area contributed by atoms with Crippen molar-refractivity contribution in [3.05, 3.63) is 53.3 Å². The SMILES string of the molecule is CC(C)[C@H](NS(=O)(=O)c1ccc(Cl)cc1)C(=O)OCC(=O)c1ccc[nH]1. The van der Waals surface area contributed by atoms with Crippen molar-refractivity contribution in [1.29, 1.82) is 0 Å². The van der Waals surface area contributed by atoms with Gasteiger partial charge in [0.1, 0.15) is 6.04 Å². The van der Waals surface area contributed by atoms with Gasteiger partial charge in [-0.15, -0.1) is 0 Å². The van der Waals surface area contributed by atoms with E-state index in [1.807, 2.05) is 0 Å². The summed E-state index contributed by atoms with van der Waals surface area (Å²) >= 11 is 5.76. The minimum absolute atomic E-state index is 0.0252. The standard InChI is InChI=1S/C17H19ClN2O5S/c1-11(2)16(17(22)25-10-15(21)14-4-3-9-19-14)20-26(23,24)13-7-5-12(18)6-8-13/h3-9,11,16,19-20H,10H2,1-2H3/t16-/m0/s1. The largest absolute Gasteiger partial charge is 0.456 e. The number of Topliss-reactive ketones (excluding diaryl/α,β-unsaturated/α-hetero) is 1. The Bertz CT molecular complexity index is 861. The number of nitrogens with one attached hydrogen (secondary N) is 2. The number of carbonyl (C=O) groups excluding carboxylic acids is 2. The van der Waals surface area contributed by atoms with E-state index in [4.69, 9.17) is 16.3 Å². The number of H-pyrrole nitrogens is 1. The van der Waals surface area contributed by atoms with Gasteiger partial charge in [-0.05, 0) is 42.3 Å². The third kappa shape index (κ3) is 5.17. The fourth-order valence-corrected chi connectivity index (χ4v) is 3.57. The summed E-state index contributed by atoms with van der Waals surface area (Å²) in [5, 5.41) is 0.395. The van der Waals surface area contributed by atoms with Crippen LogP contribution in [0.15, 0.2) is 47.5 Å². The highest BCUT2D eigenvalue weighted by atomic mass is 35.5. The first-order chi connectivity index (χ1) is 12.2. The minimum atomic E-state index is -3.95. The Balaban J connectivity index is 2.06. The number of sulfonamides is 1. The summed E-state index contributed by atoms with van der Waals surface area (Å²) in [6.07, 6.45) is 1.58. The lowest BCUT2D eigenvalue weighted by Gasteiger charge is -2.20. The number of carbonyl (C=O) groups is 2. The molecular formula is C17H19ClN2O5S. The number of hydrogen-bond acceptors (Lipinski definition) is 5. The molecule has 0 saturated heterocycles. The van der Waals surface area contributed by atoms with Crippen molar-refractivity contribution in [3.8, 4) is 0 Å². The van der Waals surface area contributed by atoms with Gasteiger partial charge in [0, 0.05) is 11.2 Å². The van der Waals surface area contributed by atoms with Crippen LogP contribution in [0.3, 0.4) is 0 Å². The Kier molecular flexibility index (Phi) is 6.57. The van der Waals surface area contributed by atoms with Crippen LogP contribution >= 0.6 is 11.6 Å². The van der Waals surface area contributed by atoms with Gasteiger partial charge in [0.2, 0.25) is 15.8 Å². The maximum atomic E-state index is 12.5. The molecule has 0 aliphatic rings. The number of rotatable bonds is 8. The molecule has 1 heterocycles. The second kappa shape index (κ2) is 8.48. The quantitative estimate of drug-likeness (QED) is 0.524. The Hall–Kier alpha value is -2.16. The highest BCUT2D eigenvalue weighted by Crippen LogP contribution is 2.16. The molecule has 140 valence electrons. The zero-order valence-electron chi connectivity index (χ0n) is 14.2. The summed E-state index contributed by atoms with van der Waals surface area (Å²) in [5.41, 5.74) is 0.306. The van der Waals surface area contributed by atoms with Gasteiger partial charge in [-0.1, -0.05) is 25.4 Å². The first-order valence-electron chi connectivity index (χ1n) is 7.82. The molecule has 0 bridgehead atoms. The summed E-state index contributed by atoms with van der Waals surface area (Å²) in [7, 11) is -3.95. The lowest BCUT2D eigenvalue weighted by Crippen LogP contribution is -2.45. The van der Waals surface area contributed by atoms with Crippen LogP contribution in [-0.2, 0) is 19.6 Å². The molecule has 0 spiro atoms. The average molecular weight is 399 g/mol. The van der Waals surface area contributed by atoms with Crippen LogP contribution in [0.1, 0.15) is 24.3 Å². The molecule has 0 radical (unpaired) electrons. The highest BCUT2D eigenvalue weighted by Gasteiger charge is 2.30. The highest BCUT2D eigenvalue weighted by molar-refractivity contribution is 7.89. The number of aromatic nitrogens is 1. The Morgan fingerprint density at radius 2 is 1.85 bits per heavy atom. The number of ether oxygens (including phenoxy) is 1. The number of hydrogen-bond donors (Lipinski definition) is 2. The molecule has 0 fully saturated rings. The van der Waals surface area contributed by atoms with Gasteiger partial charge in [0.05, 0.1) is 10.6 Å². The molecule has 2 aromatic rings. The average Bonchev–Trinajstić information content (AvgIpc) is 3.12. The van der Waals surface area contributed by atoms with Crippen LogP contribution in [0.25, 0.3) is 0 Å². The number of esters is 1. The van der Waals surface area contributed by atoms with E-state index in [2.05, 4.69) is 9.71 Å². The molecule has 9 heteroatoms. The smallest absolute Gasteiger partial charge is 0.324 e. The summed E-state index contributed by atoms with van der Waals surface area (Å²) in [6.45, 7) is 2.86. The number of halogens is 1. The molecule has 0 aliphatic carbocycles. The fourth-order valence-electron chi connectivity index (χ4n) is 2.11. The molecule has 0 unspecified atom stereocenters. The second-order valence-corrected chi connectivity index (χ2v) is 8.06. The summed E-state index contributed by atoms with van der Waals surface area (Å²) in [6, 6.07) is 7.62. The van der Waals surface area contributed by atoms with E-state index >= 15 is 0 Å². The third-order valence-corrected chi connectivity index (χ3v) is 5.28. The lowest BCUT2D eigenvalue weighted by atomic mass is 10.1. The molecule has 0 saturated carbocycles. The van der Waals surface area contributed by atoms with Crippen LogP contribution in [0.2, 0.25) is 5.02 Å². The van der Waals surface area contributed by atoms with Crippen LogP contribution in [0, 0.1) is 5.92 Å². The van der Waals surface area contributed by atoms with Crippen molar-refractivity contribution in [3.63, 3.8) is 0 Å². The summed E-state index contributed by atoms with van der Waals surface area (Å²) in [5.74, 6) is -1.62. The molecule has 0 aliphatic heterocycles.